The summed E-state index contributed by atoms with van der Waals surface area (Å²) >= 11 is 0. The highest BCUT2D eigenvalue weighted by atomic mass is 32.3. The monoisotopic (exact) mass is 310 g/mol. The number of rotatable bonds is 7. The zero-order valence-electron chi connectivity index (χ0n) is 15.2. The molecule has 0 fully saturated rings. The first-order valence-electron chi connectivity index (χ1n) is 8.31. The molecule has 0 saturated carbocycles. The van der Waals surface area contributed by atoms with Gasteiger partial charge in [-0.2, -0.15) is 0 Å². The highest BCUT2D eigenvalue weighted by Crippen LogP contribution is 2.67. The summed E-state index contributed by atoms with van der Waals surface area (Å²) in [6.07, 6.45) is 1.06. The van der Waals surface area contributed by atoms with Gasteiger partial charge >= 0.3 is 0 Å². The molecule has 0 aliphatic heterocycles. The van der Waals surface area contributed by atoms with Crippen LogP contribution in [0, 0.1) is 6.92 Å². The summed E-state index contributed by atoms with van der Waals surface area (Å²) in [6.45, 7) is 19.6. The molecule has 1 aromatic rings. The second-order valence-corrected chi connectivity index (χ2v) is 11.5. The summed E-state index contributed by atoms with van der Waals surface area (Å²) in [6, 6.07) is 6.70. The third-order valence-corrected chi connectivity index (χ3v) is 10.2. The van der Waals surface area contributed by atoms with Gasteiger partial charge in [0.05, 0.1) is 6.61 Å². The van der Waals surface area contributed by atoms with Gasteiger partial charge in [-0.1, -0.05) is 54.5 Å². The zero-order valence-corrected chi connectivity index (χ0v) is 16.0. The SMILES string of the molecule is CCCOc1ccc(C)c(S(C(C)C)(C(C)C)C(C)C)c1. The minimum atomic E-state index is -0.883. The van der Waals surface area contributed by atoms with Gasteiger partial charge in [-0.25, -0.2) is 10.0 Å². The Morgan fingerprint density at radius 3 is 1.90 bits per heavy atom. The molecular formula is C19H34OS. The number of hydrogen-bond donors (Lipinski definition) is 0. The van der Waals surface area contributed by atoms with Gasteiger partial charge in [-0.3, -0.25) is 0 Å². The van der Waals surface area contributed by atoms with E-state index < -0.39 is 10.0 Å². The number of ether oxygens (including phenoxy) is 1. The van der Waals surface area contributed by atoms with Crippen LogP contribution in [0.4, 0.5) is 0 Å². The molecule has 0 aliphatic rings. The van der Waals surface area contributed by atoms with Crippen molar-refractivity contribution in [1.29, 1.82) is 0 Å². The smallest absolute Gasteiger partial charge is 0.120 e. The lowest BCUT2D eigenvalue weighted by Gasteiger charge is -2.52. The molecule has 1 aromatic carbocycles. The van der Waals surface area contributed by atoms with Crippen molar-refractivity contribution in [2.75, 3.05) is 6.61 Å². The van der Waals surface area contributed by atoms with Gasteiger partial charge in [0.2, 0.25) is 0 Å². The average Bonchev–Trinajstić information content (AvgIpc) is 2.38. The maximum atomic E-state index is 5.90. The van der Waals surface area contributed by atoms with Crippen molar-refractivity contribution in [2.45, 2.75) is 82.5 Å². The van der Waals surface area contributed by atoms with Gasteiger partial charge < -0.3 is 4.74 Å². The molecule has 122 valence electrons. The molecule has 0 unspecified atom stereocenters. The first-order valence-corrected chi connectivity index (χ1v) is 10.1. The Labute approximate surface area is 133 Å². The molecule has 0 atom stereocenters. The fraction of sp³-hybridized carbons (Fsp3) is 0.684. The zero-order chi connectivity index (χ0) is 16.2. The fourth-order valence-corrected chi connectivity index (χ4v) is 9.40. The van der Waals surface area contributed by atoms with Crippen molar-refractivity contribution in [1.82, 2.24) is 0 Å². The summed E-state index contributed by atoms with van der Waals surface area (Å²) in [5, 5.41) is 2.04. The van der Waals surface area contributed by atoms with E-state index >= 15 is 0 Å². The maximum Gasteiger partial charge on any atom is 0.120 e. The summed E-state index contributed by atoms with van der Waals surface area (Å²) in [5.74, 6) is 1.04. The number of hydrogen-bond acceptors (Lipinski definition) is 1. The van der Waals surface area contributed by atoms with Crippen LogP contribution in [0.1, 0.15) is 60.5 Å². The molecule has 21 heavy (non-hydrogen) atoms. The minimum absolute atomic E-state index is 0.678. The van der Waals surface area contributed by atoms with Crippen LogP contribution in [0.5, 0.6) is 5.75 Å². The van der Waals surface area contributed by atoms with Crippen molar-refractivity contribution in [3.05, 3.63) is 23.8 Å². The molecule has 0 spiro atoms. The first kappa shape index (κ1) is 18.4. The molecule has 0 aromatic heterocycles. The van der Waals surface area contributed by atoms with E-state index in [1.807, 2.05) is 0 Å². The van der Waals surface area contributed by atoms with Crippen LogP contribution in [0.3, 0.4) is 0 Å². The second-order valence-electron chi connectivity index (χ2n) is 6.68. The van der Waals surface area contributed by atoms with E-state index in [1.165, 1.54) is 5.56 Å². The van der Waals surface area contributed by atoms with Crippen molar-refractivity contribution in [3.8, 4) is 5.75 Å². The molecule has 0 aliphatic carbocycles. The van der Waals surface area contributed by atoms with Crippen LogP contribution in [0.15, 0.2) is 23.1 Å². The van der Waals surface area contributed by atoms with Crippen LogP contribution in [-0.4, -0.2) is 22.4 Å². The van der Waals surface area contributed by atoms with E-state index in [1.54, 1.807) is 4.90 Å². The first-order chi connectivity index (χ1) is 9.78. The normalized spacial score (nSPS) is 13.3. The molecule has 0 saturated heterocycles. The van der Waals surface area contributed by atoms with Crippen LogP contribution < -0.4 is 4.74 Å². The maximum absolute atomic E-state index is 5.90. The van der Waals surface area contributed by atoms with E-state index in [0.717, 1.165) is 18.8 Å². The molecule has 2 heteroatoms. The van der Waals surface area contributed by atoms with E-state index in [-0.39, 0.29) is 0 Å². The number of benzene rings is 1. The Morgan fingerprint density at radius 2 is 1.48 bits per heavy atom. The van der Waals surface area contributed by atoms with Crippen LogP contribution in [-0.2, 0) is 0 Å². The van der Waals surface area contributed by atoms with E-state index in [4.69, 9.17) is 4.74 Å². The van der Waals surface area contributed by atoms with Gasteiger partial charge in [0.15, 0.2) is 0 Å². The Morgan fingerprint density at radius 1 is 0.952 bits per heavy atom. The lowest BCUT2D eigenvalue weighted by molar-refractivity contribution is 0.316. The Kier molecular flexibility index (Phi) is 6.65. The van der Waals surface area contributed by atoms with Crippen LogP contribution >= 0.6 is 10.0 Å². The topological polar surface area (TPSA) is 9.23 Å². The summed E-state index contributed by atoms with van der Waals surface area (Å²) < 4.78 is 5.90. The summed E-state index contributed by atoms with van der Waals surface area (Å²) in [5.41, 5.74) is 1.42. The lowest BCUT2D eigenvalue weighted by atomic mass is 10.2. The second kappa shape index (κ2) is 7.58. The molecule has 0 heterocycles. The molecule has 0 N–H and O–H groups in total. The molecule has 1 nitrogen and oxygen atoms in total. The fourth-order valence-electron chi connectivity index (χ4n) is 3.67. The van der Waals surface area contributed by atoms with Gasteiger partial charge in [0.1, 0.15) is 5.75 Å². The third-order valence-electron chi connectivity index (χ3n) is 4.35. The number of aryl methyl sites for hydroxylation is 1. The Hall–Kier alpha value is -0.630. The highest BCUT2D eigenvalue weighted by Gasteiger charge is 2.37. The largest absolute Gasteiger partial charge is 0.494 e. The van der Waals surface area contributed by atoms with Gasteiger partial charge in [0.25, 0.3) is 0 Å². The predicted octanol–water partition coefficient (Wildman–Crippen LogP) is 6.17. The van der Waals surface area contributed by atoms with Crippen molar-refractivity contribution in [3.63, 3.8) is 0 Å². The van der Waals surface area contributed by atoms with Gasteiger partial charge in [0, 0.05) is 0 Å². The van der Waals surface area contributed by atoms with Gasteiger partial charge in [-0.15, -0.1) is 0 Å². The summed E-state index contributed by atoms with van der Waals surface area (Å²) in [4.78, 5) is 1.55. The standard InChI is InChI=1S/C19H34OS/c1-9-12-20-18-11-10-17(8)19(13-18)21(14(2)3,15(4)5)16(6)7/h10-11,13-16H,9,12H2,1-8H3. The Balaban J connectivity index is 3.43. The third kappa shape index (κ3) is 3.59. The van der Waals surface area contributed by atoms with E-state index in [0.29, 0.717) is 15.7 Å². The summed E-state index contributed by atoms with van der Waals surface area (Å²) in [7, 11) is -0.883. The average molecular weight is 311 g/mol. The predicted molar refractivity (Wildman–Crippen MR) is 98.2 cm³/mol. The van der Waals surface area contributed by atoms with Crippen LogP contribution in [0.25, 0.3) is 0 Å². The molecule has 0 amide bonds. The minimum Gasteiger partial charge on any atom is -0.494 e. The molecular weight excluding hydrogens is 276 g/mol. The van der Waals surface area contributed by atoms with Crippen molar-refractivity contribution >= 4 is 10.0 Å². The van der Waals surface area contributed by atoms with Gasteiger partial charge in [-0.05, 0) is 51.7 Å². The van der Waals surface area contributed by atoms with Crippen LogP contribution in [0.2, 0.25) is 0 Å². The molecule has 1 rings (SSSR count). The highest BCUT2D eigenvalue weighted by molar-refractivity contribution is 8.35. The Bertz CT molecular complexity index is 427. The molecule has 0 radical (unpaired) electrons. The van der Waals surface area contributed by atoms with Crippen molar-refractivity contribution < 1.29 is 4.74 Å². The van der Waals surface area contributed by atoms with E-state index in [9.17, 15) is 0 Å². The quantitative estimate of drug-likeness (QED) is 0.585. The molecule has 0 bridgehead atoms. The van der Waals surface area contributed by atoms with E-state index in [2.05, 4.69) is 73.6 Å². The van der Waals surface area contributed by atoms with Crippen molar-refractivity contribution in [2.24, 2.45) is 0 Å². The lowest BCUT2D eigenvalue weighted by Crippen LogP contribution is -2.29.